The van der Waals surface area contributed by atoms with Gasteiger partial charge in [0.05, 0.1) is 43.4 Å². The first-order chi connectivity index (χ1) is 15.3. The van der Waals surface area contributed by atoms with Gasteiger partial charge in [0.2, 0.25) is 0 Å². The molecule has 0 heterocycles. The predicted octanol–water partition coefficient (Wildman–Crippen LogP) is 7.28. The molecule has 158 valence electrons. The van der Waals surface area contributed by atoms with E-state index in [0.29, 0.717) is 11.1 Å². The molecule has 2 atom stereocenters. The van der Waals surface area contributed by atoms with Crippen molar-refractivity contribution in [2.75, 3.05) is 0 Å². The summed E-state index contributed by atoms with van der Waals surface area (Å²) in [6.45, 7) is 0. The van der Waals surface area contributed by atoms with Gasteiger partial charge in [0.15, 0.2) is 11.6 Å². The summed E-state index contributed by atoms with van der Waals surface area (Å²) in [5.41, 5.74) is 0.244. The minimum absolute atomic E-state index is 0.265. The Labute approximate surface area is 204 Å². The minimum atomic E-state index is -1.24. The van der Waals surface area contributed by atoms with Gasteiger partial charge in [-0.3, -0.25) is 9.59 Å². The van der Waals surface area contributed by atoms with Crippen LogP contribution in [0.15, 0.2) is 60.7 Å². The molecular weight excluding hydrogens is 490 g/mol. The van der Waals surface area contributed by atoms with Crippen LogP contribution in [0.3, 0.4) is 0 Å². The van der Waals surface area contributed by atoms with Crippen LogP contribution in [0, 0.1) is 22.7 Å². The fourth-order valence-electron chi connectivity index (χ4n) is 3.21. The summed E-state index contributed by atoms with van der Waals surface area (Å²) >= 11 is 25.3. The van der Waals surface area contributed by atoms with Crippen LogP contribution in [0.2, 0.25) is 20.1 Å². The third-order valence-electron chi connectivity index (χ3n) is 4.80. The van der Waals surface area contributed by atoms with E-state index in [9.17, 15) is 20.1 Å². The summed E-state index contributed by atoms with van der Waals surface area (Å²) in [4.78, 5) is 26.6. The van der Waals surface area contributed by atoms with Gasteiger partial charge >= 0.3 is 0 Å². The van der Waals surface area contributed by atoms with Crippen LogP contribution in [0.5, 0.6) is 0 Å². The van der Waals surface area contributed by atoms with Crippen LogP contribution in [-0.2, 0) is 0 Å². The molecular formula is C24H12Cl4N2O2. The molecule has 3 rings (SSSR count). The molecule has 0 aliphatic rings. The highest BCUT2D eigenvalue weighted by molar-refractivity contribution is 6.53. The summed E-state index contributed by atoms with van der Waals surface area (Å²) in [7, 11) is 0. The second-order valence-corrected chi connectivity index (χ2v) is 8.19. The van der Waals surface area contributed by atoms with Gasteiger partial charge in [-0.05, 0) is 11.1 Å². The van der Waals surface area contributed by atoms with E-state index < -0.39 is 23.4 Å². The Kier molecular flexibility index (Phi) is 7.56. The fourth-order valence-corrected chi connectivity index (χ4v) is 4.49. The Hall–Kier alpha value is -2.86. The Morgan fingerprint density at radius 2 is 0.938 bits per heavy atom. The van der Waals surface area contributed by atoms with E-state index in [1.165, 1.54) is 0 Å². The Morgan fingerprint density at radius 3 is 1.25 bits per heavy atom. The predicted molar refractivity (Wildman–Crippen MR) is 125 cm³/mol. The van der Waals surface area contributed by atoms with Crippen LogP contribution < -0.4 is 0 Å². The average Bonchev–Trinajstić information content (AvgIpc) is 2.80. The maximum Gasteiger partial charge on any atom is 0.187 e. The van der Waals surface area contributed by atoms with Crippen molar-refractivity contribution in [3.63, 3.8) is 0 Å². The van der Waals surface area contributed by atoms with Gasteiger partial charge in [0.25, 0.3) is 0 Å². The van der Waals surface area contributed by atoms with Crippen molar-refractivity contribution in [2.24, 2.45) is 0 Å². The zero-order valence-electron chi connectivity index (χ0n) is 16.2. The SMILES string of the molecule is N#CC(C(=O)c1c(Cl)c(Cl)c(Cl)c(C(=O)C(C#N)c2ccccc2)c1Cl)c1ccccc1. The van der Waals surface area contributed by atoms with Gasteiger partial charge in [0, 0.05) is 0 Å². The van der Waals surface area contributed by atoms with Gasteiger partial charge in [-0.25, -0.2) is 0 Å². The number of Topliss-reactive ketones (excluding diaryl/α,β-unsaturated/α-hetero) is 2. The zero-order valence-corrected chi connectivity index (χ0v) is 19.2. The topological polar surface area (TPSA) is 81.7 Å². The highest BCUT2D eigenvalue weighted by Gasteiger charge is 2.34. The number of halogens is 4. The van der Waals surface area contributed by atoms with Crippen molar-refractivity contribution in [3.05, 3.63) is 103 Å². The first-order valence-corrected chi connectivity index (χ1v) is 10.7. The molecule has 0 aliphatic carbocycles. The maximum absolute atomic E-state index is 13.3. The van der Waals surface area contributed by atoms with E-state index in [4.69, 9.17) is 46.4 Å². The minimum Gasteiger partial charge on any atom is -0.292 e. The third-order valence-corrected chi connectivity index (χ3v) is 6.51. The summed E-state index contributed by atoms with van der Waals surface area (Å²) in [5, 5.41) is 18.1. The maximum atomic E-state index is 13.3. The summed E-state index contributed by atoms with van der Waals surface area (Å²) in [6, 6.07) is 20.5. The molecule has 0 spiro atoms. The number of nitrogens with zero attached hydrogens (tertiary/aromatic N) is 2. The van der Waals surface area contributed by atoms with E-state index in [1.807, 2.05) is 12.1 Å². The van der Waals surface area contributed by atoms with Gasteiger partial charge in [-0.15, -0.1) is 0 Å². The largest absolute Gasteiger partial charge is 0.292 e. The lowest BCUT2D eigenvalue weighted by molar-refractivity contribution is 0.0978. The van der Waals surface area contributed by atoms with Gasteiger partial charge < -0.3 is 0 Å². The number of rotatable bonds is 6. The molecule has 0 bridgehead atoms. The average molecular weight is 502 g/mol. The molecule has 0 N–H and O–H groups in total. The number of hydrogen-bond donors (Lipinski definition) is 0. The number of benzene rings is 3. The quantitative estimate of drug-likeness (QED) is 0.202. The van der Waals surface area contributed by atoms with Gasteiger partial charge in [-0.2, -0.15) is 10.5 Å². The van der Waals surface area contributed by atoms with Crippen LogP contribution in [0.25, 0.3) is 0 Å². The first kappa shape index (κ1) is 23.8. The zero-order chi connectivity index (χ0) is 23.4. The van der Waals surface area contributed by atoms with Crippen molar-refractivity contribution in [1.29, 1.82) is 10.5 Å². The van der Waals surface area contributed by atoms with E-state index in [0.717, 1.165) is 0 Å². The van der Waals surface area contributed by atoms with Crippen LogP contribution >= 0.6 is 46.4 Å². The molecule has 0 radical (unpaired) electrons. The van der Waals surface area contributed by atoms with Crippen LogP contribution in [0.4, 0.5) is 0 Å². The normalized spacial score (nSPS) is 12.3. The Bertz CT molecular complexity index is 1180. The number of ketones is 2. The standard InChI is InChI=1S/C24H12Cl4N2O2/c25-19-17(23(31)15(11-29)13-7-3-1-4-8-13)20(26)22(28)21(27)18(19)24(32)16(12-30)14-9-5-2-6-10-14/h1-10,15-16H. The molecule has 2 unspecified atom stereocenters. The van der Waals surface area contributed by atoms with Crippen molar-refractivity contribution in [3.8, 4) is 12.1 Å². The number of carbonyl (C=O) groups is 2. The molecule has 4 nitrogen and oxygen atoms in total. The molecule has 0 aromatic heterocycles. The second-order valence-electron chi connectivity index (χ2n) is 6.68. The van der Waals surface area contributed by atoms with E-state index in [2.05, 4.69) is 0 Å². The molecule has 0 aliphatic heterocycles. The van der Waals surface area contributed by atoms with Crippen molar-refractivity contribution in [1.82, 2.24) is 0 Å². The number of carbonyl (C=O) groups excluding carboxylic acids is 2. The molecule has 0 saturated carbocycles. The molecule has 32 heavy (non-hydrogen) atoms. The summed E-state index contributed by atoms with van der Waals surface area (Å²) in [6.07, 6.45) is 0. The monoisotopic (exact) mass is 500 g/mol. The van der Waals surface area contributed by atoms with Crippen LogP contribution in [-0.4, -0.2) is 11.6 Å². The Morgan fingerprint density at radius 1 is 0.594 bits per heavy atom. The highest BCUT2D eigenvalue weighted by Crippen LogP contribution is 2.44. The van der Waals surface area contributed by atoms with Crippen molar-refractivity contribution < 1.29 is 9.59 Å². The third kappa shape index (κ3) is 4.37. The molecule has 0 amide bonds. The molecule has 3 aromatic carbocycles. The fraction of sp³-hybridized carbons (Fsp3) is 0.0833. The highest BCUT2D eigenvalue weighted by atomic mass is 35.5. The summed E-state index contributed by atoms with van der Waals surface area (Å²) < 4.78 is 0. The molecule has 8 heteroatoms. The first-order valence-electron chi connectivity index (χ1n) is 9.16. The van der Waals surface area contributed by atoms with Crippen molar-refractivity contribution >= 4 is 58.0 Å². The molecule has 3 aromatic rings. The smallest absolute Gasteiger partial charge is 0.187 e. The van der Waals surface area contributed by atoms with E-state index in [1.54, 1.807) is 60.7 Å². The lowest BCUT2D eigenvalue weighted by Gasteiger charge is -2.18. The van der Waals surface area contributed by atoms with E-state index >= 15 is 0 Å². The van der Waals surface area contributed by atoms with Crippen molar-refractivity contribution in [2.45, 2.75) is 11.8 Å². The lowest BCUT2D eigenvalue weighted by atomic mass is 9.88. The van der Waals surface area contributed by atoms with Crippen LogP contribution in [0.1, 0.15) is 43.7 Å². The second kappa shape index (κ2) is 10.2. The number of nitriles is 2. The number of hydrogen-bond acceptors (Lipinski definition) is 4. The van der Waals surface area contributed by atoms with E-state index in [-0.39, 0.29) is 31.2 Å². The Balaban J connectivity index is 2.19. The molecule has 0 fully saturated rings. The summed E-state index contributed by atoms with van der Waals surface area (Å²) in [5.74, 6) is -3.97. The van der Waals surface area contributed by atoms with Gasteiger partial charge in [-0.1, -0.05) is 107 Å². The molecule has 0 saturated heterocycles. The lowest BCUT2D eigenvalue weighted by Crippen LogP contribution is -2.17. The van der Waals surface area contributed by atoms with Gasteiger partial charge in [0.1, 0.15) is 11.8 Å².